The van der Waals surface area contributed by atoms with E-state index in [4.69, 9.17) is 33.0 Å². The fourth-order valence-electron chi connectivity index (χ4n) is 2.57. The van der Waals surface area contributed by atoms with Crippen molar-refractivity contribution in [1.82, 2.24) is 0 Å². The molecule has 114 valence electrons. The number of carboxylic acid groups (broad SMARTS) is 1. The van der Waals surface area contributed by atoms with E-state index >= 15 is 0 Å². The van der Waals surface area contributed by atoms with Gasteiger partial charge in [-0.15, -0.1) is 0 Å². The van der Waals surface area contributed by atoms with Crippen molar-refractivity contribution in [2.24, 2.45) is 5.92 Å². The van der Waals surface area contributed by atoms with Crippen LogP contribution in [0.4, 0.5) is 0 Å². The third-order valence-corrected chi connectivity index (χ3v) is 4.45. The quantitative estimate of drug-likeness (QED) is 0.856. The minimum atomic E-state index is -1.10. The van der Waals surface area contributed by atoms with Crippen LogP contribution in [0.2, 0.25) is 10.0 Å². The molecule has 0 bridgehead atoms. The van der Waals surface area contributed by atoms with E-state index in [0.717, 1.165) is 24.8 Å². The average Bonchev–Trinajstić information content (AvgIpc) is 2.75. The molecule has 1 aromatic rings. The predicted octanol–water partition coefficient (Wildman–Crippen LogP) is 4.00. The van der Waals surface area contributed by atoms with Crippen LogP contribution in [0.1, 0.15) is 42.1 Å². The second-order valence-electron chi connectivity index (χ2n) is 5.13. The second kappa shape index (κ2) is 6.67. The summed E-state index contributed by atoms with van der Waals surface area (Å²) >= 11 is 12.2. The number of halogens is 2. The van der Waals surface area contributed by atoms with Crippen LogP contribution in [0.25, 0.3) is 0 Å². The molecule has 1 aliphatic carbocycles. The van der Waals surface area contributed by atoms with Crippen LogP contribution in [0.3, 0.4) is 0 Å². The van der Waals surface area contributed by atoms with Gasteiger partial charge >= 0.3 is 5.97 Å². The molecule has 4 nitrogen and oxygen atoms in total. The summed E-state index contributed by atoms with van der Waals surface area (Å²) in [7, 11) is 0. The fourth-order valence-corrected chi connectivity index (χ4v) is 3.08. The van der Waals surface area contributed by atoms with Crippen molar-refractivity contribution in [2.45, 2.75) is 32.6 Å². The summed E-state index contributed by atoms with van der Waals surface area (Å²) in [4.78, 5) is 22.9. The summed E-state index contributed by atoms with van der Waals surface area (Å²) in [5, 5.41) is 8.92. The van der Waals surface area contributed by atoms with Gasteiger partial charge in [-0.3, -0.25) is 4.79 Å². The van der Waals surface area contributed by atoms with Gasteiger partial charge in [-0.2, -0.15) is 0 Å². The molecule has 0 saturated carbocycles. The van der Waals surface area contributed by atoms with Crippen LogP contribution in [-0.4, -0.2) is 23.5 Å². The lowest BCUT2D eigenvalue weighted by Crippen LogP contribution is -2.10. The van der Waals surface area contributed by atoms with Crippen molar-refractivity contribution in [3.63, 3.8) is 0 Å². The summed E-state index contributed by atoms with van der Waals surface area (Å²) in [5.41, 5.74) is 1.25. The molecule has 0 heterocycles. The third-order valence-electron chi connectivity index (χ3n) is 3.60. The van der Waals surface area contributed by atoms with Crippen molar-refractivity contribution in [2.75, 3.05) is 6.61 Å². The molecule has 0 saturated heterocycles. The third kappa shape index (κ3) is 3.33. The van der Waals surface area contributed by atoms with E-state index in [-0.39, 0.29) is 27.5 Å². The molecule has 1 aromatic carbocycles. The topological polar surface area (TPSA) is 63.6 Å². The van der Waals surface area contributed by atoms with Gasteiger partial charge in [-0.05, 0) is 24.5 Å². The summed E-state index contributed by atoms with van der Waals surface area (Å²) in [6.07, 6.45) is 3.44. The van der Waals surface area contributed by atoms with Gasteiger partial charge in [-0.1, -0.05) is 43.0 Å². The number of carbonyl (C=O) groups excluding carboxylic acids is 1. The Morgan fingerprint density at radius 1 is 1.43 bits per heavy atom. The van der Waals surface area contributed by atoms with Crippen molar-refractivity contribution in [3.05, 3.63) is 27.2 Å². The van der Waals surface area contributed by atoms with Gasteiger partial charge in [0.1, 0.15) is 10.8 Å². The number of carbonyl (C=O) groups is 2. The Hall–Kier alpha value is -1.26. The van der Waals surface area contributed by atoms with Crippen molar-refractivity contribution >= 4 is 35.0 Å². The van der Waals surface area contributed by atoms with Gasteiger partial charge in [0.05, 0.1) is 5.02 Å². The molecule has 0 aromatic heterocycles. The lowest BCUT2D eigenvalue weighted by Gasteiger charge is -2.10. The number of carboxylic acids is 1. The standard InChI is InChI=1S/C15H16Cl2O4/c1-2-3-4-8-5-9-6-10(21-7-11(18)19)13(16)14(17)12(9)15(8)20/h6,8H,2-5,7H2,1H3,(H,18,19)/t8-/m0/s1. The smallest absolute Gasteiger partial charge is 0.341 e. The number of rotatable bonds is 6. The number of ketones is 1. The number of Topliss-reactive ketones (excluding diaryl/α,β-unsaturated/α-hetero) is 1. The molecule has 1 aliphatic rings. The van der Waals surface area contributed by atoms with Gasteiger partial charge in [0, 0.05) is 11.5 Å². The molecule has 1 atom stereocenters. The highest BCUT2D eigenvalue weighted by Gasteiger charge is 2.34. The predicted molar refractivity (Wildman–Crippen MR) is 80.6 cm³/mol. The first-order chi connectivity index (χ1) is 9.95. The van der Waals surface area contributed by atoms with E-state index < -0.39 is 12.6 Å². The summed E-state index contributed by atoms with van der Waals surface area (Å²) < 4.78 is 5.13. The molecule has 0 aliphatic heterocycles. The van der Waals surface area contributed by atoms with E-state index in [2.05, 4.69) is 6.92 Å². The van der Waals surface area contributed by atoms with Gasteiger partial charge < -0.3 is 9.84 Å². The van der Waals surface area contributed by atoms with E-state index in [0.29, 0.717) is 12.0 Å². The van der Waals surface area contributed by atoms with Crippen LogP contribution in [-0.2, 0) is 11.2 Å². The van der Waals surface area contributed by atoms with Crippen LogP contribution in [0.15, 0.2) is 6.07 Å². The lowest BCUT2D eigenvalue weighted by atomic mass is 9.98. The monoisotopic (exact) mass is 330 g/mol. The highest BCUT2D eigenvalue weighted by Crippen LogP contribution is 2.43. The minimum absolute atomic E-state index is 0.0233. The van der Waals surface area contributed by atoms with E-state index in [1.165, 1.54) is 0 Å². The Labute approximate surface area is 133 Å². The van der Waals surface area contributed by atoms with E-state index in [1.54, 1.807) is 6.07 Å². The number of aliphatic carboxylic acids is 1. The van der Waals surface area contributed by atoms with Gasteiger partial charge in [0.15, 0.2) is 12.4 Å². The average molecular weight is 331 g/mol. The van der Waals surface area contributed by atoms with Crippen LogP contribution in [0, 0.1) is 5.92 Å². The normalized spacial score (nSPS) is 16.9. The van der Waals surface area contributed by atoms with Gasteiger partial charge in [0.2, 0.25) is 0 Å². The summed E-state index contributed by atoms with van der Waals surface area (Å²) in [5.74, 6) is -0.926. The maximum absolute atomic E-state index is 12.4. The Kier molecular flexibility index (Phi) is 5.12. The Morgan fingerprint density at radius 3 is 2.76 bits per heavy atom. The molecule has 1 N–H and O–H groups in total. The van der Waals surface area contributed by atoms with Crippen molar-refractivity contribution in [1.29, 1.82) is 0 Å². The maximum Gasteiger partial charge on any atom is 0.341 e. The van der Waals surface area contributed by atoms with E-state index in [1.807, 2.05) is 0 Å². The zero-order valence-electron chi connectivity index (χ0n) is 11.6. The number of unbranched alkanes of at least 4 members (excludes halogenated alkanes) is 1. The molecule has 21 heavy (non-hydrogen) atoms. The zero-order chi connectivity index (χ0) is 15.6. The molecule has 0 radical (unpaired) electrons. The molecular weight excluding hydrogens is 315 g/mol. The Bertz CT molecular complexity index is 584. The molecule has 0 unspecified atom stereocenters. The Morgan fingerprint density at radius 2 is 2.14 bits per heavy atom. The van der Waals surface area contributed by atoms with Crippen LogP contribution >= 0.6 is 23.2 Å². The van der Waals surface area contributed by atoms with Gasteiger partial charge in [-0.25, -0.2) is 4.79 Å². The van der Waals surface area contributed by atoms with Crippen LogP contribution < -0.4 is 4.74 Å². The second-order valence-corrected chi connectivity index (χ2v) is 5.88. The molecule has 0 spiro atoms. The molecule has 0 fully saturated rings. The van der Waals surface area contributed by atoms with E-state index in [9.17, 15) is 9.59 Å². The number of hydrogen-bond donors (Lipinski definition) is 1. The molecule has 0 amide bonds. The Balaban J connectivity index is 2.29. The number of ether oxygens (including phenoxy) is 1. The number of hydrogen-bond acceptors (Lipinski definition) is 3. The van der Waals surface area contributed by atoms with Crippen molar-refractivity contribution in [3.8, 4) is 5.75 Å². The van der Waals surface area contributed by atoms with Crippen LogP contribution in [0.5, 0.6) is 5.75 Å². The highest BCUT2D eigenvalue weighted by atomic mass is 35.5. The minimum Gasteiger partial charge on any atom is -0.480 e. The first kappa shape index (κ1) is 16.1. The maximum atomic E-state index is 12.4. The fraction of sp³-hybridized carbons (Fsp3) is 0.467. The molecular formula is C15H16Cl2O4. The summed E-state index contributed by atoms with van der Waals surface area (Å²) in [6, 6.07) is 1.64. The van der Waals surface area contributed by atoms with Gasteiger partial charge in [0.25, 0.3) is 0 Å². The first-order valence-corrected chi connectivity index (χ1v) is 7.61. The molecule has 6 heteroatoms. The number of fused-ring (bicyclic) bond motifs is 1. The highest BCUT2D eigenvalue weighted by molar-refractivity contribution is 6.45. The first-order valence-electron chi connectivity index (χ1n) is 6.85. The largest absolute Gasteiger partial charge is 0.480 e. The summed E-state index contributed by atoms with van der Waals surface area (Å²) in [6.45, 7) is 1.58. The molecule has 2 rings (SSSR count). The lowest BCUT2D eigenvalue weighted by molar-refractivity contribution is -0.139. The van der Waals surface area contributed by atoms with Crippen molar-refractivity contribution < 1.29 is 19.4 Å². The SMILES string of the molecule is CCCC[C@H]1Cc2cc(OCC(=O)O)c(Cl)c(Cl)c2C1=O. The zero-order valence-corrected chi connectivity index (χ0v) is 13.1. The number of benzene rings is 1.